The maximum atomic E-state index is 12.8. The summed E-state index contributed by atoms with van der Waals surface area (Å²) in [4.78, 5) is 29.4. The van der Waals surface area contributed by atoms with Gasteiger partial charge in [-0.05, 0) is 56.2 Å². The standard InChI is InChI=1S/C30H29N5O5/c1-18-8-11-27(23(12-18)25-10-9-22(19(2)31-25)28(36)38-3)39-16-20-14-35(34-33-20)15-21-13-30(17-40-21)24-6-4-5-7-26(24)32-29(30)37/h4-12,14,21H,13,15-17H2,1-3H3,(H,32,37). The van der Waals surface area contributed by atoms with Gasteiger partial charge in [-0.2, -0.15) is 0 Å². The number of rotatable bonds is 7. The zero-order chi connectivity index (χ0) is 27.9. The number of amides is 1. The number of benzene rings is 2. The van der Waals surface area contributed by atoms with E-state index < -0.39 is 11.4 Å². The molecule has 4 aromatic rings. The van der Waals surface area contributed by atoms with E-state index in [0.29, 0.717) is 48.0 Å². The lowest BCUT2D eigenvalue weighted by molar-refractivity contribution is -0.120. The zero-order valence-corrected chi connectivity index (χ0v) is 22.5. The maximum absolute atomic E-state index is 12.8. The van der Waals surface area contributed by atoms with Gasteiger partial charge in [0.2, 0.25) is 5.91 Å². The number of carbonyl (C=O) groups excluding carboxylic acids is 2. The molecule has 1 saturated heterocycles. The Morgan fingerprint density at radius 2 is 2.02 bits per heavy atom. The topological polar surface area (TPSA) is 117 Å². The average molecular weight is 540 g/mol. The number of nitrogens with one attached hydrogen (secondary N) is 1. The van der Waals surface area contributed by atoms with Gasteiger partial charge in [-0.1, -0.05) is 35.0 Å². The zero-order valence-electron chi connectivity index (χ0n) is 22.5. The van der Waals surface area contributed by atoms with Crippen LogP contribution >= 0.6 is 0 Å². The molecular formula is C30H29N5O5. The molecule has 1 N–H and O–H groups in total. The molecule has 0 radical (unpaired) electrons. The Morgan fingerprint density at radius 1 is 1.18 bits per heavy atom. The van der Waals surface area contributed by atoms with Crippen molar-refractivity contribution in [2.24, 2.45) is 0 Å². The molecule has 2 aromatic carbocycles. The average Bonchev–Trinajstić information content (AvgIpc) is 3.66. The van der Waals surface area contributed by atoms with Crippen molar-refractivity contribution in [2.75, 3.05) is 19.0 Å². The molecule has 4 heterocycles. The molecule has 204 valence electrons. The summed E-state index contributed by atoms with van der Waals surface area (Å²) in [6, 6.07) is 17.1. The minimum Gasteiger partial charge on any atom is -0.486 e. The number of anilines is 1. The molecule has 2 aliphatic rings. The molecule has 0 bridgehead atoms. The summed E-state index contributed by atoms with van der Waals surface area (Å²) >= 11 is 0. The largest absolute Gasteiger partial charge is 0.486 e. The number of aromatic nitrogens is 4. The Labute approximate surface area is 231 Å². The van der Waals surface area contributed by atoms with Crippen molar-refractivity contribution in [3.05, 3.63) is 88.9 Å². The van der Waals surface area contributed by atoms with Crippen molar-refractivity contribution in [3.8, 4) is 17.0 Å². The summed E-state index contributed by atoms with van der Waals surface area (Å²) in [5.74, 6) is 0.210. The Kier molecular flexibility index (Phi) is 6.55. The first kappa shape index (κ1) is 25.7. The van der Waals surface area contributed by atoms with E-state index in [4.69, 9.17) is 14.2 Å². The minimum absolute atomic E-state index is 0.0117. The number of methoxy groups -OCH3 is 1. The predicted molar refractivity (Wildman–Crippen MR) is 146 cm³/mol. The lowest BCUT2D eigenvalue weighted by atomic mass is 9.79. The number of ether oxygens (including phenoxy) is 3. The fourth-order valence-corrected chi connectivity index (χ4v) is 5.46. The molecule has 2 aromatic heterocycles. The van der Waals surface area contributed by atoms with Crippen LogP contribution in [0.2, 0.25) is 0 Å². The Morgan fingerprint density at radius 3 is 2.85 bits per heavy atom. The Hall–Kier alpha value is -4.57. The van der Waals surface area contributed by atoms with E-state index in [1.165, 1.54) is 7.11 Å². The fraction of sp³-hybridized carbons (Fsp3) is 0.300. The third-order valence-electron chi connectivity index (χ3n) is 7.52. The molecule has 1 spiro atoms. The first-order valence-corrected chi connectivity index (χ1v) is 13.1. The second kappa shape index (κ2) is 10.2. The number of hydrogen-bond donors (Lipinski definition) is 1. The van der Waals surface area contributed by atoms with E-state index >= 15 is 0 Å². The molecule has 0 aliphatic carbocycles. The molecule has 0 saturated carbocycles. The van der Waals surface area contributed by atoms with Gasteiger partial charge in [0.15, 0.2) is 0 Å². The fourth-order valence-electron chi connectivity index (χ4n) is 5.46. The third-order valence-corrected chi connectivity index (χ3v) is 7.52. The smallest absolute Gasteiger partial charge is 0.339 e. The van der Waals surface area contributed by atoms with Crippen LogP contribution in [0.3, 0.4) is 0 Å². The summed E-state index contributed by atoms with van der Waals surface area (Å²) in [6.07, 6.45) is 2.24. The van der Waals surface area contributed by atoms with E-state index in [-0.39, 0.29) is 18.6 Å². The predicted octanol–water partition coefficient (Wildman–Crippen LogP) is 4.00. The van der Waals surface area contributed by atoms with Crippen molar-refractivity contribution in [1.82, 2.24) is 20.0 Å². The van der Waals surface area contributed by atoms with Gasteiger partial charge in [0, 0.05) is 11.3 Å². The first-order chi connectivity index (χ1) is 19.4. The highest BCUT2D eigenvalue weighted by molar-refractivity contribution is 6.06. The number of para-hydroxylation sites is 1. The van der Waals surface area contributed by atoms with Crippen LogP contribution in [-0.2, 0) is 32.8 Å². The molecule has 6 rings (SSSR count). The maximum Gasteiger partial charge on any atom is 0.339 e. The summed E-state index contributed by atoms with van der Waals surface area (Å²) in [5, 5.41) is 11.5. The summed E-state index contributed by atoms with van der Waals surface area (Å²) in [7, 11) is 1.35. The van der Waals surface area contributed by atoms with Crippen LogP contribution < -0.4 is 10.1 Å². The van der Waals surface area contributed by atoms with Crippen molar-refractivity contribution in [2.45, 2.75) is 44.9 Å². The SMILES string of the molecule is COC(=O)c1ccc(-c2cc(C)ccc2OCc2cn(CC3CC4(CO3)C(=O)Nc3ccccc34)nn2)nc1C. The van der Waals surface area contributed by atoms with Crippen LogP contribution in [0.25, 0.3) is 11.3 Å². The molecule has 1 fully saturated rings. The number of fused-ring (bicyclic) bond motifs is 2. The van der Waals surface area contributed by atoms with Gasteiger partial charge >= 0.3 is 5.97 Å². The Balaban J connectivity index is 1.13. The van der Waals surface area contributed by atoms with Crippen LogP contribution in [0.15, 0.2) is 60.8 Å². The molecule has 40 heavy (non-hydrogen) atoms. The van der Waals surface area contributed by atoms with E-state index in [2.05, 4.69) is 20.6 Å². The number of hydrogen-bond acceptors (Lipinski definition) is 8. The van der Waals surface area contributed by atoms with Crippen LogP contribution in [0.4, 0.5) is 5.69 Å². The lowest BCUT2D eigenvalue weighted by Crippen LogP contribution is -2.35. The molecule has 2 aliphatic heterocycles. The van der Waals surface area contributed by atoms with Gasteiger partial charge in [0.25, 0.3) is 0 Å². The highest BCUT2D eigenvalue weighted by Gasteiger charge is 2.52. The minimum atomic E-state index is -0.656. The van der Waals surface area contributed by atoms with E-state index in [9.17, 15) is 9.59 Å². The summed E-state index contributed by atoms with van der Waals surface area (Å²) < 4.78 is 18.8. The molecule has 10 nitrogen and oxygen atoms in total. The van der Waals surface area contributed by atoms with Gasteiger partial charge in [-0.25, -0.2) is 9.48 Å². The molecule has 2 atom stereocenters. The van der Waals surface area contributed by atoms with Gasteiger partial charge < -0.3 is 19.5 Å². The van der Waals surface area contributed by atoms with Crippen LogP contribution in [0.1, 0.15) is 39.3 Å². The monoisotopic (exact) mass is 539 g/mol. The van der Waals surface area contributed by atoms with Crippen LogP contribution in [0, 0.1) is 13.8 Å². The van der Waals surface area contributed by atoms with Gasteiger partial charge in [-0.15, -0.1) is 5.10 Å². The summed E-state index contributed by atoms with van der Waals surface area (Å²) in [5.41, 5.74) is 5.42. The highest BCUT2D eigenvalue weighted by atomic mass is 16.5. The van der Waals surface area contributed by atoms with Crippen molar-refractivity contribution < 1.29 is 23.8 Å². The van der Waals surface area contributed by atoms with E-state index in [1.807, 2.05) is 55.6 Å². The second-order valence-electron chi connectivity index (χ2n) is 10.3. The van der Waals surface area contributed by atoms with E-state index in [0.717, 1.165) is 22.4 Å². The first-order valence-electron chi connectivity index (χ1n) is 13.1. The second-order valence-corrected chi connectivity index (χ2v) is 10.3. The lowest BCUT2D eigenvalue weighted by Gasteiger charge is -2.19. The van der Waals surface area contributed by atoms with Crippen molar-refractivity contribution >= 4 is 17.6 Å². The Bertz CT molecular complexity index is 1620. The molecule has 2 unspecified atom stereocenters. The quantitative estimate of drug-likeness (QED) is 0.350. The highest BCUT2D eigenvalue weighted by Crippen LogP contribution is 2.45. The number of carbonyl (C=O) groups is 2. The number of pyridine rings is 1. The van der Waals surface area contributed by atoms with Gasteiger partial charge in [0.05, 0.1) is 49.5 Å². The third kappa shape index (κ3) is 4.60. The number of aryl methyl sites for hydroxylation is 2. The van der Waals surface area contributed by atoms with Crippen molar-refractivity contribution in [3.63, 3.8) is 0 Å². The van der Waals surface area contributed by atoms with Gasteiger partial charge in [0.1, 0.15) is 23.5 Å². The van der Waals surface area contributed by atoms with Crippen LogP contribution in [-0.4, -0.2) is 51.7 Å². The van der Waals surface area contributed by atoms with E-state index in [1.54, 1.807) is 23.7 Å². The summed E-state index contributed by atoms with van der Waals surface area (Å²) in [6.45, 7) is 4.81. The molecule has 10 heteroatoms. The molecule has 1 amide bonds. The number of esters is 1. The van der Waals surface area contributed by atoms with Gasteiger partial charge in [-0.3, -0.25) is 9.78 Å². The van der Waals surface area contributed by atoms with Crippen molar-refractivity contribution in [1.29, 1.82) is 0 Å². The van der Waals surface area contributed by atoms with Crippen LogP contribution in [0.5, 0.6) is 5.75 Å². The number of nitrogens with zero attached hydrogens (tertiary/aromatic N) is 4. The normalized spacial score (nSPS) is 19.5. The molecular weight excluding hydrogens is 510 g/mol.